The molecule has 0 bridgehead atoms. The molecule has 0 heterocycles. The van der Waals surface area contributed by atoms with Crippen LogP contribution in [0.4, 0.5) is 0 Å². The Morgan fingerprint density at radius 3 is 1.59 bits per heavy atom. The summed E-state index contributed by atoms with van der Waals surface area (Å²) in [4.78, 5) is 35.0. The zero-order valence-electron chi connectivity index (χ0n) is 19.4. The number of carbonyl (C=O) groups excluding carboxylic acids is 3. The molecule has 7 nitrogen and oxygen atoms in total. The van der Waals surface area contributed by atoms with Gasteiger partial charge < -0.3 is 18.9 Å². The van der Waals surface area contributed by atoms with E-state index in [0.29, 0.717) is 28.2 Å². The van der Waals surface area contributed by atoms with Crippen LogP contribution in [-0.2, 0) is 19.1 Å². The lowest BCUT2D eigenvalue weighted by Gasteiger charge is -2.08. The second-order valence-electron chi connectivity index (χ2n) is 7.32. The Balaban J connectivity index is 1.77. The van der Waals surface area contributed by atoms with E-state index in [0.717, 1.165) is 5.56 Å². The van der Waals surface area contributed by atoms with Crippen molar-refractivity contribution in [3.63, 3.8) is 0 Å². The van der Waals surface area contributed by atoms with Crippen LogP contribution in [-0.4, -0.2) is 44.1 Å². The first-order valence-corrected chi connectivity index (χ1v) is 10.6. The standard InChI is InChI=1S/C27H28O7/c1-19(2)26(29)33-17-15-31-23-10-5-21(6-11-23)7-14-25(28)22-8-12-24(13-9-22)32-16-18-34-27(30)20(3)4/h5-14H,1,3,15-18H2,2,4H3/b14-7+. The number of ether oxygens (including phenoxy) is 4. The summed E-state index contributed by atoms with van der Waals surface area (Å²) in [5.41, 5.74) is 2.02. The maximum Gasteiger partial charge on any atom is 0.333 e. The smallest absolute Gasteiger partial charge is 0.333 e. The van der Waals surface area contributed by atoms with Gasteiger partial charge in [-0.1, -0.05) is 31.4 Å². The first-order chi connectivity index (χ1) is 16.3. The quantitative estimate of drug-likeness (QED) is 0.186. The third kappa shape index (κ3) is 9.16. The Labute approximate surface area is 199 Å². The Hall–Kier alpha value is -4.13. The molecule has 0 atom stereocenters. The van der Waals surface area contributed by atoms with E-state index in [1.54, 1.807) is 56.3 Å². The number of hydrogen-bond acceptors (Lipinski definition) is 7. The average Bonchev–Trinajstić information content (AvgIpc) is 2.83. The molecule has 2 rings (SSSR count). The minimum Gasteiger partial charge on any atom is -0.490 e. The summed E-state index contributed by atoms with van der Waals surface area (Å²) >= 11 is 0. The maximum absolute atomic E-state index is 12.4. The van der Waals surface area contributed by atoms with Gasteiger partial charge in [-0.2, -0.15) is 0 Å². The monoisotopic (exact) mass is 464 g/mol. The minimum absolute atomic E-state index is 0.113. The third-order valence-electron chi connectivity index (χ3n) is 4.31. The van der Waals surface area contributed by atoms with Crippen molar-refractivity contribution in [2.24, 2.45) is 0 Å². The molecule has 7 heteroatoms. The molecule has 0 unspecified atom stereocenters. The molecule has 0 aliphatic heterocycles. The van der Waals surface area contributed by atoms with E-state index in [1.165, 1.54) is 6.08 Å². The molecule has 34 heavy (non-hydrogen) atoms. The van der Waals surface area contributed by atoms with Gasteiger partial charge in [-0.25, -0.2) is 9.59 Å². The number of rotatable bonds is 13. The molecule has 2 aromatic rings. The number of benzene rings is 2. The molecule has 0 fully saturated rings. The van der Waals surface area contributed by atoms with E-state index < -0.39 is 11.9 Å². The molecular weight excluding hydrogens is 436 g/mol. The van der Waals surface area contributed by atoms with Gasteiger partial charge in [-0.05, 0) is 61.9 Å². The van der Waals surface area contributed by atoms with Gasteiger partial charge in [-0.15, -0.1) is 0 Å². The molecule has 0 amide bonds. The Morgan fingerprint density at radius 2 is 1.15 bits per heavy atom. The number of carbonyl (C=O) groups is 3. The molecule has 0 radical (unpaired) electrons. The molecule has 0 saturated heterocycles. The Bertz CT molecular complexity index is 1050. The van der Waals surface area contributed by atoms with Crippen molar-refractivity contribution in [3.8, 4) is 11.5 Å². The van der Waals surface area contributed by atoms with Crippen molar-refractivity contribution < 1.29 is 33.3 Å². The lowest BCUT2D eigenvalue weighted by atomic mass is 10.1. The number of ketones is 1. The molecule has 178 valence electrons. The van der Waals surface area contributed by atoms with Crippen LogP contribution in [0.2, 0.25) is 0 Å². The van der Waals surface area contributed by atoms with E-state index >= 15 is 0 Å². The largest absolute Gasteiger partial charge is 0.490 e. The summed E-state index contributed by atoms with van der Waals surface area (Å²) in [6.07, 6.45) is 3.20. The van der Waals surface area contributed by atoms with Crippen LogP contribution in [0.15, 0.2) is 78.9 Å². The Kier molecular flexibility index (Phi) is 10.3. The fourth-order valence-electron chi connectivity index (χ4n) is 2.49. The zero-order chi connectivity index (χ0) is 24.9. The maximum atomic E-state index is 12.4. The molecule has 0 N–H and O–H groups in total. The summed E-state index contributed by atoms with van der Waals surface area (Å²) in [5.74, 6) is 0.135. The highest BCUT2D eigenvalue weighted by atomic mass is 16.6. The summed E-state index contributed by atoms with van der Waals surface area (Å²) in [5, 5.41) is 0. The van der Waals surface area contributed by atoms with Crippen LogP contribution in [0, 0.1) is 0 Å². The molecule has 2 aromatic carbocycles. The van der Waals surface area contributed by atoms with Gasteiger partial charge in [0.25, 0.3) is 0 Å². The molecular formula is C27H28O7. The van der Waals surface area contributed by atoms with Crippen LogP contribution in [0.25, 0.3) is 6.08 Å². The minimum atomic E-state index is -0.458. The highest BCUT2D eigenvalue weighted by Gasteiger charge is 2.05. The number of esters is 2. The van der Waals surface area contributed by atoms with Crippen LogP contribution < -0.4 is 9.47 Å². The number of hydrogen-bond donors (Lipinski definition) is 0. The van der Waals surface area contributed by atoms with Crippen molar-refractivity contribution in [1.29, 1.82) is 0 Å². The summed E-state index contributed by atoms with van der Waals surface area (Å²) < 4.78 is 20.9. The first kappa shape index (κ1) is 26.1. The second kappa shape index (κ2) is 13.4. The molecule has 0 aliphatic carbocycles. The predicted molar refractivity (Wildman–Crippen MR) is 129 cm³/mol. The Morgan fingerprint density at radius 1 is 0.706 bits per heavy atom. The third-order valence-corrected chi connectivity index (χ3v) is 4.31. The van der Waals surface area contributed by atoms with Gasteiger partial charge in [0, 0.05) is 16.7 Å². The van der Waals surface area contributed by atoms with Crippen LogP contribution in [0.3, 0.4) is 0 Å². The van der Waals surface area contributed by atoms with Crippen LogP contribution >= 0.6 is 0 Å². The predicted octanol–water partition coefficient (Wildman–Crippen LogP) is 4.58. The first-order valence-electron chi connectivity index (χ1n) is 10.6. The molecule has 0 saturated carbocycles. The second-order valence-corrected chi connectivity index (χ2v) is 7.32. The molecule has 0 aromatic heterocycles. The SMILES string of the molecule is C=C(C)C(=O)OCCOc1ccc(/C=C/C(=O)c2ccc(OCCOC(=O)C(=C)C)cc2)cc1. The van der Waals surface area contributed by atoms with E-state index in [4.69, 9.17) is 18.9 Å². The fraction of sp³-hybridized carbons (Fsp3) is 0.222. The van der Waals surface area contributed by atoms with Crippen molar-refractivity contribution in [2.45, 2.75) is 13.8 Å². The highest BCUT2D eigenvalue weighted by molar-refractivity contribution is 6.06. The van der Waals surface area contributed by atoms with E-state index in [9.17, 15) is 14.4 Å². The lowest BCUT2D eigenvalue weighted by molar-refractivity contribution is -0.140. The lowest BCUT2D eigenvalue weighted by Crippen LogP contribution is -2.12. The summed E-state index contributed by atoms with van der Waals surface area (Å²) in [6.45, 7) is 10.8. The fourth-order valence-corrected chi connectivity index (χ4v) is 2.49. The zero-order valence-corrected chi connectivity index (χ0v) is 19.4. The van der Waals surface area contributed by atoms with Gasteiger partial charge in [0.15, 0.2) is 5.78 Å². The topological polar surface area (TPSA) is 88.1 Å². The van der Waals surface area contributed by atoms with Crippen LogP contribution in [0.5, 0.6) is 11.5 Å². The highest BCUT2D eigenvalue weighted by Crippen LogP contribution is 2.15. The van der Waals surface area contributed by atoms with Crippen molar-refractivity contribution in [3.05, 3.63) is 90.0 Å². The summed E-state index contributed by atoms with van der Waals surface area (Å²) in [7, 11) is 0. The number of allylic oxidation sites excluding steroid dienone is 1. The van der Waals surface area contributed by atoms with E-state index in [2.05, 4.69) is 13.2 Å². The van der Waals surface area contributed by atoms with Gasteiger partial charge in [0.05, 0.1) is 0 Å². The van der Waals surface area contributed by atoms with Crippen molar-refractivity contribution >= 4 is 23.8 Å². The molecule has 0 spiro atoms. The molecule has 0 aliphatic rings. The normalized spacial score (nSPS) is 10.4. The van der Waals surface area contributed by atoms with Gasteiger partial charge in [-0.3, -0.25) is 4.79 Å². The van der Waals surface area contributed by atoms with Gasteiger partial charge in [0.1, 0.15) is 37.9 Å². The van der Waals surface area contributed by atoms with Crippen molar-refractivity contribution in [1.82, 2.24) is 0 Å². The average molecular weight is 465 g/mol. The van der Waals surface area contributed by atoms with Crippen molar-refractivity contribution in [2.75, 3.05) is 26.4 Å². The van der Waals surface area contributed by atoms with Crippen LogP contribution in [0.1, 0.15) is 29.8 Å². The van der Waals surface area contributed by atoms with E-state index in [-0.39, 0.29) is 32.2 Å². The van der Waals surface area contributed by atoms with Gasteiger partial charge in [0.2, 0.25) is 0 Å². The summed E-state index contributed by atoms with van der Waals surface area (Å²) in [6, 6.07) is 13.9. The van der Waals surface area contributed by atoms with E-state index in [1.807, 2.05) is 12.1 Å². The van der Waals surface area contributed by atoms with Gasteiger partial charge >= 0.3 is 11.9 Å².